The smallest absolute Gasteiger partial charge is 0.312 e. The summed E-state index contributed by atoms with van der Waals surface area (Å²) in [6.07, 6.45) is 11.5. The molecule has 0 amide bonds. The van der Waals surface area contributed by atoms with Crippen LogP contribution in [0.4, 0.5) is 0 Å². The molecule has 2 aromatic carbocycles. The third kappa shape index (κ3) is 5.09. The fourth-order valence-electron chi connectivity index (χ4n) is 12.7. The molecule has 4 heteroatoms. The average Bonchev–Trinajstić information content (AvgIpc) is 3.04. The molecule has 5 aliphatic carbocycles. The van der Waals surface area contributed by atoms with Crippen LogP contribution in [0.5, 0.6) is 0 Å². The van der Waals surface area contributed by atoms with Gasteiger partial charge in [0.2, 0.25) is 0 Å². The van der Waals surface area contributed by atoms with Crippen molar-refractivity contribution in [3.05, 3.63) is 83.4 Å². The molecule has 5 aliphatic rings. The van der Waals surface area contributed by atoms with Gasteiger partial charge in [-0.15, -0.1) is 0 Å². The highest BCUT2D eigenvalue weighted by Crippen LogP contribution is 2.76. The van der Waals surface area contributed by atoms with E-state index in [1.54, 1.807) is 0 Å². The Balaban J connectivity index is 1.24. The average molecular weight is 653 g/mol. The Morgan fingerprint density at radius 3 is 1.94 bits per heavy atom. The second kappa shape index (κ2) is 11.8. The summed E-state index contributed by atoms with van der Waals surface area (Å²) in [5.41, 5.74) is 3.27. The van der Waals surface area contributed by atoms with Gasteiger partial charge in [0.05, 0.1) is 25.4 Å². The van der Waals surface area contributed by atoms with Gasteiger partial charge >= 0.3 is 5.97 Å². The number of rotatable bonds is 7. The molecule has 0 aromatic heterocycles. The van der Waals surface area contributed by atoms with Gasteiger partial charge in [-0.3, -0.25) is 4.79 Å². The molecule has 0 radical (unpaired) electrons. The minimum atomic E-state index is -0.879. The molecule has 2 aromatic rings. The Labute approximate surface area is 290 Å². The van der Waals surface area contributed by atoms with Crippen LogP contribution in [0.15, 0.2) is 72.3 Å². The zero-order valence-electron chi connectivity index (χ0n) is 30.7. The first kappa shape index (κ1) is 34.0. The number of hydrogen-bond acceptors (Lipinski definition) is 3. The van der Waals surface area contributed by atoms with E-state index in [-0.39, 0.29) is 45.2 Å². The number of ether oxygens (including phenoxy) is 2. The Morgan fingerprint density at radius 1 is 0.729 bits per heavy atom. The summed E-state index contributed by atoms with van der Waals surface area (Å²) in [5, 5.41) is 11.2. The predicted molar refractivity (Wildman–Crippen MR) is 192 cm³/mol. The lowest BCUT2D eigenvalue weighted by Gasteiger charge is -2.72. The summed E-state index contributed by atoms with van der Waals surface area (Å²) in [7, 11) is 0. The first-order chi connectivity index (χ1) is 22.7. The van der Waals surface area contributed by atoms with Gasteiger partial charge in [0.1, 0.15) is 5.41 Å². The third-order valence-corrected chi connectivity index (χ3v) is 15.6. The van der Waals surface area contributed by atoms with E-state index in [0.717, 1.165) is 37.7 Å². The molecule has 0 spiro atoms. The highest BCUT2D eigenvalue weighted by Gasteiger charge is 2.71. The molecule has 0 aliphatic heterocycles. The Morgan fingerprint density at radius 2 is 1.33 bits per heavy atom. The fourth-order valence-corrected chi connectivity index (χ4v) is 12.7. The Hall–Kier alpha value is -2.43. The minimum absolute atomic E-state index is 0.000131. The summed E-state index contributed by atoms with van der Waals surface area (Å²) in [6.45, 7) is 18.6. The topological polar surface area (TPSA) is 55.8 Å². The van der Waals surface area contributed by atoms with Gasteiger partial charge in [-0.2, -0.15) is 0 Å². The summed E-state index contributed by atoms with van der Waals surface area (Å²) < 4.78 is 13.7. The number of carbonyl (C=O) groups is 1. The summed E-state index contributed by atoms with van der Waals surface area (Å²) >= 11 is 0. The molecule has 1 N–H and O–H groups in total. The van der Waals surface area contributed by atoms with Crippen molar-refractivity contribution in [3.8, 4) is 0 Å². The lowest BCUT2D eigenvalue weighted by molar-refractivity contribution is -0.230. The van der Waals surface area contributed by atoms with Crippen LogP contribution in [0.25, 0.3) is 0 Å². The van der Waals surface area contributed by atoms with Crippen molar-refractivity contribution in [2.75, 3.05) is 0 Å². The van der Waals surface area contributed by atoms with E-state index < -0.39 is 11.4 Å². The molecule has 0 heterocycles. The first-order valence-electron chi connectivity index (χ1n) is 18.9. The van der Waals surface area contributed by atoms with Gasteiger partial charge < -0.3 is 14.6 Å². The summed E-state index contributed by atoms with van der Waals surface area (Å²) in [4.78, 5) is 13.7. The number of fused-ring (bicyclic) bond motifs is 7. The third-order valence-electron chi connectivity index (χ3n) is 15.6. The van der Waals surface area contributed by atoms with Crippen molar-refractivity contribution in [2.24, 2.45) is 50.2 Å². The van der Waals surface area contributed by atoms with Gasteiger partial charge in [-0.25, -0.2) is 0 Å². The predicted octanol–water partition coefficient (Wildman–Crippen LogP) is 10.7. The van der Waals surface area contributed by atoms with Gasteiger partial charge in [0.25, 0.3) is 0 Å². The van der Waals surface area contributed by atoms with Crippen LogP contribution in [-0.4, -0.2) is 23.3 Å². The Kier molecular flexibility index (Phi) is 8.39. The standard InChI is InChI=1S/C44H60O4/c1-39(2)24-25-44(38(45)46)33(26-39)32-18-19-35-41(5)22-21-36(47-28-30-14-10-8-11-15-30)40(3,4)34(41)20-23-42(35,6)43(32,7)27-37(44)48-29-31-16-12-9-13-17-31/h8-18,33-37H,19-29H2,1-7H3,(H,45,46)/t33-,34-,35+,36-,37+,41-,42+,43+,44+/m0/s1. The number of benzene rings is 2. The van der Waals surface area contributed by atoms with Crippen LogP contribution in [-0.2, 0) is 27.5 Å². The SMILES string of the molecule is CC1(C)CC[C@]2(C(=O)O)[C@H](OCc3ccccc3)C[C@]3(C)C(=CC[C@@H]4[C@@]5(C)CC[C@H](OCc6ccccc6)C(C)(C)[C@@H]5CC[C@]43C)[C@@H]2C1. The van der Waals surface area contributed by atoms with E-state index in [4.69, 9.17) is 9.47 Å². The van der Waals surface area contributed by atoms with Crippen LogP contribution in [0.2, 0.25) is 0 Å². The normalized spacial score (nSPS) is 41.1. The van der Waals surface area contributed by atoms with E-state index in [1.807, 2.05) is 6.07 Å². The highest BCUT2D eigenvalue weighted by molar-refractivity contribution is 5.77. The highest BCUT2D eigenvalue weighted by atomic mass is 16.5. The van der Waals surface area contributed by atoms with Crippen LogP contribution >= 0.6 is 0 Å². The molecule has 260 valence electrons. The molecule has 48 heavy (non-hydrogen) atoms. The minimum Gasteiger partial charge on any atom is -0.481 e. The first-order valence-corrected chi connectivity index (χ1v) is 18.9. The number of hydrogen-bond donors (Lipinski definition) is 1. The van der Waals surface area contributed by atoms with Crippen LogP contribution in [0, 0.1) is 50.2 Å². The molecular formula is C44H60O4. The lowest BCUT2D eigenvalue weighted by atomic mass is 9.33. The molecule has 4 saturated carbocycles. The lowest BCUT2D eigenvalue weighted by Crippen LogP contribution is -2.67. The van der Waals surface area contributed by atoms with Gasteiger partial charge in [0, 0.05) is 0 Å². The van der Waals surface area contributed by atoms with Crippen molar-refractivity contribution >= 4 is 5.97 Å². The van der Waals surface area contributed by atoms with Gasteiger partial charge in [-0.05, 0) is 114 Å². The maximum atomic E-state index is 13.7. The van der Waals surface area contributed by atoms with E-state index in [0.29, 0.717) is 31.5 Å². The maximum absolute atomic E-state index is 13.7. The second-order valence-electron chi connectivity index (χ2n) is 18.7. The van der Waals surface area contributed by atoms with Crippen molar-refractivity contribution in [1.29, 1.82) is 0 Å². The molecular weight excluding hydrogens is 592 g/mol. The number of carboxylic acid groups (broad SMARTS) is 1. The van der Waals surface area contributed by atoms with Crippen molar-refractivity contribution < 1.29 is 19.4 Å². The number of aliphatic carboxylic acids is 1. The largest absolute Gasteiger partial charge is 0.481 e. The van der Waals surface area contributed by atoms with Gasteiger partial charge in [-0.1, -0.05) is 121 Å². The van der Waals surface area contributed by atoms with Crippen molar-refractivity contribution in [3.63, 3.8) is 0 Å². The summed E-state index contributed by atoms with van der Waals surface area (Å²) in [6, 6.07) is 21.0. The Bertz CT molecular complexity index is 1530. The van der Waals surface area contributed by atoms with E-state index >= 15 is 0 Å². The second-order valence-corrected chi connectivity index (χ2v) is 18.7. The zero-order valence-corrected chi connectivity index (χ0v) is 30.7. The van der Waals surface area contributed by atoms with Crippen LogP contribution in [0.1, 0.15) is 117 Å². The van der Waals surface area contributed by atoms with Gasteiger partial charge in [0.15, 0.2) is 0 Å². The summed E-state index contributed by atoms with van der Waals surface area (Å²) in [5.74, 6) is 0.467. The molecule has 9 atom stereocenters. The molecule has 4 nitrogen and oxygen atoms in total. The molecule has 7 rings (SSSR count). The maximum Gasteiger partial charge on any atom is 0.312 e. The van der Waals surface area contributed by atoms with Crippen LogP contribution < -0.4 is 0 Å². The zero-order chi connectivity index (χ0) is 34.2. The quantitative estimate of drug-likeness (QED) is 0.303. The van der Waals surface area contributed by atoms with Crippen molar-refractivity contribution in [2.45, 2.75) is 132 Å². The van der Waals surface area contributed by atoms with E-state index in [2.05, 4.69) is 109 Å². The van der Waals surface area contributed by atoms with Crippen molar-refractivity contribution in [1.82, 2.24) is 0 Å². The molecule has 0 saturated heterocycles. The number of carboxylic acids is 1. The fraction of sp³-hybridized carbons (Fsp3) is 0.659. The number of allylic oxidation sites excluding steroid dienone is 2. The molecule has 4 fully saturated rings. The monoisotopic (exact) mass is 652 g/mol. The molecule has 0 unspecified atom stereocenters. The van der Waals surface area contributed by atoms with E-state index in [1.165, 1.54) is 30.4 Å². The molecule has 0 bridgehead atoms. The van der Waals surface area contributed by atoms with Crippen LogP contribution in [0.3, 0.4) is 0 Å². The van der Waals surface area contributed by atoms with E-state index in [9.17, 15) is 9.90 Å².